The third-order valence-corrected chi connectivity index (χ3v) is 5.68. The lowest BCUT2D eigenvalue weighted by Gasteiger charge is -2.25. The van der Waals surface area contributed by atoms with Gasteiger partial charge in [0.25, 0.3) is 0 Å². The molecule has 8 heteroatoms. The molecule has 0 radical (unpaired) electrons. The molecule has 1 unspecified atom stereocenters. The Balaban J connectivity index is 2.06. The summed E-state index contributed by atoms with van der Waals surface area (Å²) >= 11 is 18.2. The van der Waals surface area contributed by atoms with Crippen molar-refractivity contribution in [3.63, 3.8) is 0 Å². The highest BCUT2D eigenvalue weighted by Gasteiger charge is 2.38. The Hall–Kier alpha value is -1.24. The van der Waals surface area contributed by atoms with Gasteiger partial charge in [-0.3, -0.25) is 0 Å². The van der Waals surface area contributed by atoms with E-state index in [0.29, 0.717) is 5.56 Å². The number of halogens is 3. The van der Waals surface area contributed by atoms with Gasteiger partial charge in [-0.2, -0.15) is 4.72 Å². The van der Waals surface area contributed by atoms with E-state index < -0.39 is 19.9 Å². The van der Waals surface area contributed by atoms with E-state index in [1.807, 2.05) is 24.3 Å². The van der Waals surface area contributed by atoms with Crippen LogP contribution in [0, 0.1) is 0 Å². The number of hydrogen-bond acceptors (Lipinski definition) is 2. The number of aromatic nitrogens is 1. The van der Waals surface area contributed by atoms with Gasteiger partial charge >= 0.3 is 0 Å². The summed E-state index contributed by atoms with van der Waals surface area (Å²) in [5, 5.41) is 0.782. The number of hydrogen-bond donors (Lipinski definition) is 2. The maximum atomic E-state index is 12.6. The van der Waals surface area contributed by atoms with Crippen molar-refractivity contribution in [1.29, 1.82) is 0 Å². The lowest BCUT2D eigenvalue weighted by Crippen LogP contribution is -2.36. The Morgan fingerprint density at radius 3 is 2.25 bits per heavy atom. The molecule has 0 aliphatic heterocycles. The molecule has 0 saturated carbocycles. The lowest BCUT2D eigenvalue weighted by atomic mass is 10.1. The van der Waals surface area contributed by atoms with E-state index in [4.69, 9.17) is 34.8 Å². The number of rotatable bonds is 4. The van der Waals surface area contributed by atoms with Crippen molar-refractivity contribution in [1.82, 2.24) is 9.71 Å². The van der Waals surface area contributed by atoms with Gasteiger partial charge in [0.1, 0.15) is 0 Å². The minimum atomic E-state index is -3.85. The number of para-hydroxylation sites is 1. The van der Waals surface area contributed by atoms with Gasteiger partial charge in [-0.05, 0) is 23.8 Å². The van der Waals surface area contributed by atoms with Crippen LogP contribution < -0.4 is 4.72 Å². The Bertz CT molecular complexity index is 950. The van der Waals surface area contributed by atoms with E-state index in [-0.39, 0.29) is 4.90 Å². The molecular weight excluding hydrogens is 391 g/mol. The van der Waals surface area contributed by atoms with Crippen molar-refractivity contribution in [3.8, 4) is 0 Å². The summed E-state index contributed by atoms with van der Waals surface area (Å²) in [5.74, 6) is 0. The topological polar surface area (TPSA) is 62.0 Å². The average Bonchev–Trinajstić information content (AvgIpc) is 2.96. The van der Waals surface area contributed by atoms with E-state index in [2.05, 4.69) is 9.71 Å². The molecule has 1 heterocycles. The summed E-state index contributed by atoms with van der Waals surface area (Å²) < 4.78 is 25.9. The fraction of sp³-hybridized carbons (Fsp3) is 0.125. The van der Waals surface area contributed by atoms with Crippen LogP contribution in [-0.4, -0.2) is 17.2 Å². The van der Waals surface area contributed by atoms with Gasteiger partial charge in [-0.1, -0.05) is 71.2 Å². The largest absolute Gasteiger partial charge is 0.361 e. The second-order valence-corrected chi connectivity index (χ2v) is 9.28. The Morgan fingerprint density at radius 1 is 0.958 bits per heavy atom. The molecule has 126 valence electrons. The van der Waals surface area contributed by atoms with Crippen molar-refractivity contribution in [3.05, 3.63) is 66.4 Å². The van der Waals surface area contributed by atoms with Crippen LogP contribution in [0.25, 0.3) is 10.9 Å². The minimum Gasteiger partial charge on any atom is -0.361 e. The molecule has 0 spiro atoms. The second-order valence-electron chi connectivity index (χ2n) is 5.20. The Morgan fingerprint density at radius 2 is 1.58 bits per heavy atom. The number of alkyl halides is 3. The quantitative estimate of drug-likeness (QED) is 0.627. The average molecular weight is 404 g/mol. The molecule has 4 nitrogen and oxygen atoms in total. The smallest absolute Gasteiger partial charge is 0.241 e. The molecule has 0 saturated heterocycles. The van der Waals surface area contributed by atoms with Crippen LogP contribution >= 0.6 is 34.8 Å². The van der Waals surface area contributed by atoms with Crippen molar-refractivity contribution >= 4 is 55.7 Å². The fourth-order valence-corrected chi connectivity index (χ4v) is 4.44. The first kappa shape index (κ1) is 17.6. The van der Waals surface area contributed by atoms with Crippen LogP contribution in [-0.2, 0) is 10.0 Å². The molecule has 0 bridgehead atoms. The first-order valence-corrected chi connectivity index (χ1v) is 9.61. The van der Waals surface area contributed by atoms with Crippen molar-refractivity contribution in [2.75, 3.05) is 0 Å². The van der Waals surface area contributed by atoms with Gasteiger partial charge in [0.2, 0.25) is 13.8 Å². The minimum absolute atomic E-state index is 0.101. The highest BCUT2D eigenvalue weighted by molar-refractivity contribution is 7.89. The third kappa shape index (κ3) is 3.55. The monoisotopic (exact) mass is 402 g/mol. The second kappa shape index (κ2) is 6.58. The first-order chi connectivity index (χ1) is 11.3. The predicted octanol–water partition coefficient (Wildman–Crippen LogP) is 4.56. The summed E-state index contributed by atoms with van der Waals surface area (Å²) in [6.07, 6.45) is 1.64. The van der Waals surface area contributed by atoms with Crippen LogP contribution in [0.15, 0.2) is 65.7 Å². The summed E-state index contributed by atoms with van der Waals surface area (Å²) in [7, 11) is -3.85. The van der Waals surface area contributed by atoms with E-state index in [0.717, 1.165) is 10.9 Å². The highest BCUT2D eigenvalue weighted by atomic mass is 35.6. The number of nitrogens with one attached hydrogen (secondary N) is 2. The van der Waals surface area contributed by atoms with E-state index in [1.54, 1.807) is 24.4 Å². The zero-order valence-corrected chi connectivity index (χ0v) is 15.3. The Kier molecular flexibility index (Phi) is 4.82. The number of benzene rings is 2. The molecule has 24 heavy (non-hydrogen) atoms. The molecule has 2 aromatic carbocycles. The Labute approximate surface area is 154 Å². The zero-order chi connectivity index (χ0) is 17.4. The van der Waals surface area contributed by atoms with Crippen LogP contribution in [0.5, 0.6) is 0 Å². The fourth-order valence-electron chi connectivity index (χ4n) is 2.46. The molecule has 0 aliphatic rings. The van der Waals surface area contributed by atoms with Gasteiger partial charge in [0.05, 0.1) is 10.9 Å². The van der Waals surface area contributed by atoms with Crippen molar-refractivity contribution in [2.24, 2.45) is 0 Å². The molecule has 2 N–H and O–H groups in total. The van der Waals surface area contributed by atoms with E-state index >= 15 is 0 Å². The van der Waals surface area contributed by atoms with Gasteiger partial charge in [-0.25, -0.2) is 8.42 Å². The van der Waals surface area contributed by atoms with Crippen LogP contribution in [0.4, 0.5) is 0 Å². The number of fused-ring (bicyclic) bond motifs is 1. The molecule has 0 aliphatic carbocycles. The maximum Gasteiger partial charge on any atom is 0.241 e. The molecular formula is C16H13Cl3N2O2S. The molecule has 3 rings (SSSR count). The third-order valence-electron chi connectivity index (χ3n) is 3.59. The van der Waals surface area contributed by atoms with Crippen molar-refractivity contribution in [2.45, 2.75) is 14.7 Å². The van der Waals surface area contributed by atoms with Gasteiger partial charge in [0.15, 0.2) is 0 Å². The summed E-state index contributed by atoms with van der Waals surface area (Å²) in [4.78, 5) is 3.16. The summed E-state index contributed by atoms with van der Waals surface area (Å²) in [5.41, 5.74) is 1.38. The van der Waals surface area contributed by atoms with Crippen molar-refractivity contribution < 1.29 is 8.42 Å². The lowest BCUT2D eigenvalue weighted by molar-refractivity contribution is 0.559. The van der Waals surface area contributed by atoms with E-state index in [9.17, 15) is 8.42 Å². The van der Waals surface area contributed by atoms with Gasteiger partial charge < -0.3 is 4.98 Å². The number of sulfonamides is 1. The SMILES string of the molecule is O=S(=O)(NC(c1c[nH]c2ccccc12)C(Cl)(Cl)Cl)c1ccccc1. The van der Waals surface area contributed by atoms with Crippen LogP contribution in [0.3, 0.4) is 0 Å². The highest BCUT2D eigenvalue weighted by Crippen LogP contribution is 2.42. The first-order valence-electron chi connectivity index (χ1n) is 6.99. The molecule has 1 aromatic heterocycles. The molecule has 0 fully saturated rings. The van der Waals surface area contributed by atoms with Crippen LogP contribution in [0.2, 0.25) is 0 Å². The van der Waals surface area contributed by atoms with Gasteiger partial charge in [0, 0.05) is 17.1 Å². The zero-order valence-electron chi connectivity index (χ0n) is 12.2. The molecule has 3 aromatic rings. The molecule has 1 atom stereocenters. The predicted molar refractivity (Wildman–Crippen MR) is 98.1 cm³/mol. The molecule has 0 amide bonds. The standard InChI is InChI=1S/C16H13Cl3N2O2S/c17-16(18,19)15(13-10-20-14-9-5-4-8-12(13)14)21-24(22,23)11-6-2-1-3-7-11/h1-10,15,20-21H. The van der Waals surface area contributed by atoms with Gasteiger partial charge in [-0.15, -0.1) is 0 Å². The summed E-state index contributed by atoms with van der Waals surface area (Å²) in [6.45, 7) is 0. The van der Waals surface area contributed by atoms with E-state index in [1.165, 1.54) is 12.1 Å². The number of H-pyrrole nitrogens is 1. The summed E-state index contributed by atoms with van der Waals surface area (Å²) in [6, 6.07) is 14.3. The number of aromatic amines is 1. The maximum absolute atomic E-state index is 12.6. The normalized spacial score (nSPS) is 14.0. The van der Waals surface area contributed by atoms with Crippen LogP contribution in [0.1, 0.15) is 11.6 Å².